The Morgan fingerprint density at radius 3 is 2.38 bits per heavy atom. The van der Waals surface area contributed by atoms with Gasteiger partial charge in [-0.05, 0) is 48.0 Å². The highest BCUT2D eigenvalue weighted by Crippen LogP contribution is 2.24. The Hall–Kier alpha value is -2.98. The third-order valence-corrected chi connectivity index (χ3v) is 5.34. The number of ketones is 1. The maximum atomic E-state index is 14.1. The molecule has 6 nitrogen and oxygen atoms in total. The van der Waals surface area contributed by atoms with Crippen LogP contribution in [-0.4, -0.2) is 24.2 Å². The first-order chi connectivity index (χ1) is 13.7. The average Bonchev–Trinajstić information content (AvgIpc) is 2.63. The van der Waals surface area contributed by atoms with Gasteiger partial charge in [0.05, 0.1) is 17.8 Å². The zero-order chi connectivity index (χ0) is 21.2. The third kappa shape index (κ3) is 4.72. The second-order valence-corrected chi connectivity index (χ2v) is 7.73. The number of Topliss-reactive ketones (excluding diaryl/α,β-unsaturated/α-hetero) is 1. The summed E-state index contributed by atoms with van der Waals surface area (Å²) >= 11 is 5.66. The minimum atomic E-state index is -4.79. The van der Waals surface area contributed by atoms with Crippen molar-refractivity contribution in [3.63, 3.8) is 0 Å². The summed E-state index contributed by atoms with van der Waals surface area (Å²) in [5, 5.41) is -0.0604. The molecule has 0 aliphatic carbocycles. The molecule has 3 rings (SSSR count). The molecule has 0 aliphatic rings. The summed E-state index contributed by atoms with van der Waals surface area (Å²) in [6, 6.07) is 6.87. The molecule has 0 fully saturated rings. The molecule has 3 aromatic rings. The molecule has 2 aromatic carbocycles. The second-order valence-electron chi connectivity index (χ2n) is 5.77. The van der Waals surface area contributed by atoms with Crippen molar-refractivity contribution in [1.29, 1.82) is 0 Å². The Labute approximate surface area is 168 Å². The van der Waals surface area contributed by atoms with Crippen molar-refractivity contribution >= 4 is 33.1 Å². The smallest absolute Gasteiger partial charge is 0.267 e. The van der Waals surface area contributed by atoms with E-state index in [4.69, 9.17) is 11.6 Å². The number of carbonyl (C=O) groups excluding carboxylic acids is 1. The minimum Gasteiger partial charge on any atom is -0.294 e. The number of carbonyl (C=O) groups is 1. The molecule has 150 valence electrons. The summed E-state index contributed by atoms with van der Waals surface area (Å²) in [6.07, 6.45) is 1.15. The van der Waals surface area contributed by atoms with Gasteiger partial charge in [-0.3, -0.25) is 9.52 Å². The van der Waals surface area contributed by atoms with Crippen LogP contribution >= 0.6 is 11.6 Å². The molecule has 0 unspecified atom stereocenters. The summed E-state index contributed by atoms with van der Waals surface area (Å²) in [4.78, 5) is 18.7. The Morgan fingerprint density at radius 2 is 1.72 bits per heavy atom. The number of halogens is 4. The van der Waals surface area contributed by atoms with Gasteiger partial charge in [0.25, 0.3) is 10.0 Å². The maximum absolute atomic E-state index is 14.1. The van der Waals surface area contributed by atoms with Crippen LogP contribution in [0.1, 0.15) is 16.1 Å². The fourth-order valence-electron chi connectivity index (χ4n) is 2.45. The molecule has 1 aromatic heterocycles. The summed E-state index contributed by atoms with van der Waals surface area (Å²) in [7, 11) is -4.79. The number of anilines is 1. The number of aromatic nitrogens is 2. The molecule has 0 aliphatic heterocycles. The lowest BCUT2D eigenvalue weighted by Crippen LogP contribution is -2.18. The first-order valence-electron chi connectivity index (χ1n) is 7.94. The standard InChI is InChI=1S/C18H11ClF3N3O3S/c19-18-23-7-6-11(24-18)9-16(26)10-4-5-12(20)15(8-10)25-29(27,28)17-13(21)2-1-3-14(17)22/h1-8,25H,9H2. The van der Waals surface area contributed by atoms with Crippen LogP contribution in [0.15, 0.2) is 53.6 Å². The number of benzene rings is 2. The van der Waals surface area contributed by atoms with Crippen molar-refractivity contribution in [2.75, 3.05) is 4.72 Å². The molecule has 29 heavy (non-hydrogen) atoms. The van der Waals surface area contributed by atoms with Gasteiger partial charge in [0.2, 0.25) is 5.28 Å². The topological polar surface area (TPSA) is 89.0 Å². The van der Waals surface area contributed by atoms with Crippen molar-refractivity contribution in [3.8, 4) is 0 Å². The molecular formula is C18H11ClF3N3O3S. The molecular weight excluding hydrogens is 431 g/mol. The average molecular weight is 442 g/mol. The van der Waals surface area contributed by atoms with Crippen molar-refractivity contribution in [2.24, 2.45) is 0 Å². The Balaban J connectivity index is 1.90. The fourth-order valence-corrected chi connectivity index (χ4v) is 3.81. The molecule has 0 spiro atoms. The largest absolute Gasteiger partial charge is 0.294 e. The summed E-state index contributed by atoms with van der Waals surface area (Å²) in [6.45, 7) is 0. The second kappa shape index (κ2) is 8.18. The van der Waals surface area contributed by atoms with Gasteiger partial charge in [-0.15, -0.1) is 0 Å². The van der Waals surface area contributed by atoms with E-state index in [1.165, 1.54) is 12.3 Å². The van der Waals surface area contributed by atoms with Gasteiger partial charge in [-0.2, -0.15) is 0 Å². The number of hydrogen-bond acceptors (Lipinski definition) is 5. The van der Waals surface area contributed by atoms with Crippen LogP contribution in [0.3, 0.4) is 0 Å². The van der Waals surface area contributed by atoms with E-state index >= 15 is 0 Å². The Bertz CT molecular complexity index is 1190. The fraction of sp³-hybridized carbons (Fsp3) is 0.0556. The van der Waals surface area contributed by atoms with Crippen molar-refractivity contribution in [1.82, 2.24) is 9.97 Å². The molecule has 0 saturated carbocycles. The lowest BCUT2D eigenvalue weighted by molar-refractivity contribution is 0.0992. The highest BCUT2D eigenvalue weighted by atomic mass is 35.5. The first-order valence-corrected chi connectivity index (χ1v) is 9.80. The van der Waals surface area contributed by atoms with E-state index in [0.717, 1.165) is 36.4 Å². The van der Waals surface area contributed by atoms with Crippen molar-refractivity contribution in [2.45, 2.75) is 11.3 Å². The van der Waals surface area contributed by atoms with E-state index in [0.29, 0.717) is 5.69 Å². The van der Waals surface area contributed by atoms with Crippen LogP contribution in [0.25, 0.3) is 0 Å². The van der Waals surface area contributed by atoms with E-state index in [-0.39, 0.29) is 17.3 Å². The first kappa shape index (κ1) is 20.7. The van der Waals surface area contributed by atoms with Crippen LogP contribution in [0.4, 0.5) is 18.9 Å². The molecule has 0 atom stereocenters. The van der Waals surface area contributed by atoms with Crippen molar-refractivity contribution in [3.05, 3.63) is 82.7 Å². The number of nitrogens with one attached hydrogen (secondary N) is 1. The van der Waals surface area contributed by atoms with Gasteiger partial charge >= 0.3 is 0 Å². The highest BCUT2D eigenvalue weighted by Gasteiger charge is 2.25. The molecule has 0 radical (unpaired) electrons. The normalized spacial score (nSPS) is 11.3. The summed E-state index contributed by atoms with van der Waals surface area (Å²) < 4.78 is 68.1. The molecule has 1 heterocycles. The summed E-state index contributed by atoms with van der Waals surface area (Å²) in [5.41, 5.74) is -0.387. The van der Waals surface area contributed by atoms with E-state index in [1.54, 1.807) is 4.72 Å². The van der Waals surface area contributed by atoms with Crippen LogP contribution in [-0.2, 0) is 16.4 Å². The van der Waals surface area contributed by atoms with E-state index in [2.05, 4.69) is 9.97 Å². The molecule has 11 heteroatoms. The van der Waals surface area contributed by atoms with Crippen LogP contribution in [0, 0.1) is 17.5 Å². The van der Waals surface area contributed by atoms with Crippen molar-refractivity contribution < 1.29 is 26.4 Å². The monoisotopic (exact) mass is 441 g/mol. The maximum Gasteiger partial charge on any atom is 0.267 e. The van der Waals surface area contributed by atoms with Crippen LogP contribution in [0.5, 0.6) is 0 Å². The van der Waals surface area contributed by atoms with E-state index in [1.807, 2.05) is 0 Å². The molecule has 0 bridgehead atoms. The van der Waals surface area contributed by atoms with E-state index in [9.17, 15) is 26.4 Å². The number of nitrogens with zero attached hydrogens (tertiary/aromatic N) is 2. The summed E-state index contributed by atoms with van der Waals surface area (Å²) in [5.74, 6) is -4.24. The number of hydrogen-bond donors (Lipinski definition) is 1. The Kier molecular flexibility index (Phi) is 5.85. The van der Waals surface area contributed by atoms with Gasteiger partial charge in [0.1, 0.15) is 17.5 Å². The molecule has 0 saturated heterocycles. The van der Waals surface area contributed by atoms with Gasteiger partial charge in [-0.1, -0.05) is 6.07 Å². The van der Waals surface area contributed by atoms with Crippen LogP contribution < -0.4 is 4.72 Å². The third-order valence-electron chi connectivity index (χ3n) is 3.75. The molecule has 1 N–H and O–H groups in total. The zero-order valence-electron chi connectivity index (χ0n) is 14.4. The van der Waals surface area contributed by atoms with Gasteiger partial charge < -0.3 is 0 Å². The number of rotatable bonds is 6. The lowest BCUT2D eigenvalue weighted by Gasteiger charge is -2.11. The predicted molar refractivity (Wildman–Crippen MR) is 98.6 cm³/mol. The SMILES string of the molecule is O=C(Cc1ccnc(Cl)n1)c1ccc(F)c(NS(=O)(=O)c2c(F)cccc2F)c1. The van der Waals surface area contributed by atoms with Crippen LogP contribution in [0.2, 0.25) is 5.28 Å². The number of sulfonamides is 1. The van der Waals surface area contributed by atoms with Gasteiger partial charge in [0, 0.05) is 11.8 Å². The quantitative estimate of drug-likeness (QED) is 0.464. The molecule has 0 amide bonds. The van der Waals surface area contributed by atoms with Gasteiger partial charge in [-0.25, -0.2) is 31.6 Å². The van der Waals surface area contributed by atoms with Gasteiger partial charge in [0.15, 0.2) is 10.7 Å². The minimum absolute atomic E-state index is 0.0483. The van der Waals surface area contributed by atoms with E-state index < -0.39 is 43.8 Å². The Morgan fingerprint density at radius 1 is 1.03 bits per heavy atom. The predicted octanol–water partition coefficient (Wildman–Crippen LogP) is 3.77. The highest BCUT2D eigenvalue weighted by molar-refractivity contribution is 7.92. The zero-order valence-corrected chi connectivity index (χ0v) is 15.9. The lowest BCUT2D eigenvalue weighted by atomic mass is 10.1.